The van der Waals surface area contributed by atoms with Crippen molar-refractivity contribution in [2.45, 2.75) is 26.1 Å². The molecule has 0 bridgehead atoms. The molecule has 1 N–H and O–H groups in total. The Morgan fingerprint density at radius 1 is 1.32 bits per heavy atom. The lowest BCUT2D eigenvalue weighted by Gasteiger charge is -2.14. The maximum atomic E-state index is 3.51. The van der Waals surface area contributed by atoms with Crippen molar-refractivity contribution < 1.29 is 0 Å². The summed E-state index contributed by atoms with van der Waals surface area (Å²) in [4.78, 5) is 6.88. The van der Waals surface area contributed by atoms with Gasteiger partial charge in [0.05, 0.1) is 0 Å². The highest BCUT2D eigenvalue weighted by molar-refractivity contribution is 9.10. The summed E-state index contributed by atoms with van der Waals surface area (Å²) in [6, 6.07) is 4.59. The first-order valence-corrected chi connectivity index (χ1v) is 8.92. The molecule has 0 saturated carbocycles. The van der Waals surface area contributed by atoms with Crippen molar-refractivity contribution in [3.05, 3.63) is 42.2 Å². The van der Waals surface area contributed by atoms with Gasteiger partial charge in [0.1, 0.15) is 0 Å². The second-order valence-electron chi connectivity index (χ2n) is 4.99. The number of thiophene rings is 2. The lowest BCUT2D eigenvalue weighted by atomic mass is 10.1. The fourth-order valence-corrected chi connectivity index (χ4v) is 5.22. The van der Waals surface area contributed by atoms with Crippen molar-refractivity contribution in [2.24, 2.45) is 0 Å². The minimum absolute atomic E-state index is 1.02. The summed E-state index contributed by atoms with van der Waals surface area (Å²) in [5.41, 5.74) is 1.51. The molecule has 2 aromatic heterocycles. The van der Waals surface area contributed by atoms with Gasteiger partial charge in [0, 0.05) is 50.7 Å². The molecule has 0 saturated heterocycles. The van der Waals surface area contributed by atoms with Crippen molar-refractivity contribution in [1.29, 1.82) is 0 Å². The summed E-state index contributed by atoms with van der Waals surface area (Å²) in [5.74, 6) is 0. The smallest absolute Gasteiger partial charge is 0.0329 e. The normalized spacial score (nSPS) is 14.9. The van der Waals surface area contributed by atoms with E-state index < -0.39 is 0 Å². The van der Waals surface area contributed by atoms with Gasteiger partial charge in [0.2, 0.25) is 0 Å². The number of hydrogen-bond acceptors (Lipinski definition) is 4. The van der Waals surface area contributed by atoms with Gasteiger partial charge in [0.25, 0.3) is 0 Å². The van der Waals surface area contributed by atoms with Crippen LogP contribution in [-0.4, -0.2) is 18.5 Å². The van der Waals surface area contributed by atoms with E-state index in [-0.39, 0.29) is 0 Å². The Morgan fingerprint density at radius 2 is 2.16 bits per heavy atom. The van der Waals surface area contributed by atoms with Gasteiger partial charge in [-0.3, -0.25) is 4.90 Å². The van der Waals surface area contributed by atoms with Crippen LogP contribution in [0.5, 0.6) is 0 Å². The predicted octanol–water partition coefficient (Wildman–Crippen LogP) is 3.85. The zero-order chi connectivity index (χ0) is 13.2. The quantitative estimate of drug-likeness (QED) is 0.894. The third-order valence-electron chi connectivity index (χ3n) is 3.27. The molecule has 0 fully saturated rings. The monoisotopic (exact) mass is 356 g/mol. The fourth-order valence-electron chi connectivity index (χ4n) is 2.42. The zero-order valence-corrected chi connectivity index (χ0v) is 14.1. The topological polar surface area (TPSA) is 15.3 Å². The Balaban J connectivity index is 1.62. The maximum absolute atomic E-state index is 3.51. The summed E-state index contributed by atoms with van der Waals surface area (Å²) < 4.78 is 1.19. The van der Waals surface area contributed by atoms with Crippen LogP contribution in [0.3, 0.4) is 0 Å². The molecule has 0 atom stereocenters. The molecule has 3 heterocycles. The molecule has 102 valence electrons. The predicted molar refractivity (Wildman–Crippen MR) is 86.9 cm³/mol. The van der Waals surface area contributed by atoms with Crippen LogP contribution in [0.25, 0.3) is 0 Å². The molecule has 1 aliphatic rings. The second kappa shape index (κ2) is 6.06. The number of fused-ring (bicyclic) bond motifs is 1. The highest BCUT2D eigenvalue weighted by Gasteiger charge is 2.14. The molecule has 0 amide bonds. The molecular weight excluding hydrogens is 340 g/mol. The molecule has 0 radical (unpaired) electrons. The Hall–Kier alpha value is -0.200. The van der Waals surface area contributed by atoms with Crippen LogP contribution in [0.4, 0.5) is 0 Å². The number of rotatable bonds is 4. The van der Waals surface area contributed by atoms with Gasteiger partial charge in [-0.2, -0.15) is 0 Å². The minimum atomic E-state index is 1.02. The number of halogens is 1. The molecule has 0 unspecified atom stereocenters. The summed E-state index contributed by atoms with van der Waals surface area (Å²) in [6.07, 6.45) is 1.20. The third kappa shape index (κ3) is 3.47. The lowest BCUT2D eigenvalue weighted by Crippen LogP contribution is -2.21. The average Bonchev–Trinajstić information content (AvgIpc) is 2.94. The molecule has 5 heteroatoms. The van der Waals surface area contributed by atoms with E-state index in [0.717, 1.165) is 26.2 Å². The van der Waals surface area contributed by atoms with Crippen LogP contribution in [0.1, 0.15) is 20.2 Å². The van der Waals surface area contributed by atoms with E-state index in [4.69, 9.17) is 0 Å². The average molecular weight is 357 g/mol. The first-order chi connectivity index (χ1) is 9.20. The van der Waals surface area contributed by atoms with Gasteiger partial charge in [0.15, 0.2) is 0 Å². The van der Waals surface area contributed by atoms with E-state index in [2.05, 4.69) is 50.7 Å². The standard InChI is InChI=1S/C14H17BrN2S2/c1-17(7-12-5-11(15)9-18-12)8-13-4-10-6-16-3-2-14(10)19-13/h4-5,9,16H,2-3,6-8H2,1H3. The van der Waals surface area contributed by atoms with Crippen LogP contribution in [0.15, 0.2) is 22.0 Å². The minimum Gasteiger partial charge on any atom is -0.312 e. The number of hydrogen-bond donors (Lipinski definition) is 1. The van der Waals surface area contributed by atoms with Crippen LogP contribution in [0, 0.1) is 0 Å². The molecule has 0 spiro atoms. The van der Waals surface area contributed by atoms with E-state index in [9.17, 15) is 0 Å². The number of nitrogens with zero attached hydrogens (tertiary/aromatic N) is 1. The third-order valence-corrected chi connectivity index (χ3v) is 6.17. The van der Waals surface area contributed by atoms with Crippen molar-refractivity contribution in [1.82, 2.24) is 10.2 Å². The van der Waals surface area contributed by atoms with Gasteiger partial charge >= 0.3 is 0 Å². The highest BCUT2D eigenvalue weighted by atomic mass is 79.9. The van der Waals surface area contributed by atoms with Crippen LogP contribution >= 0.6 is 38.6 Å². The van der Waals surface area contributed by atoms with E-state index in [1.54, 1.807) is 4.88 Å². The summed E-state index contributed by atoms with van der Waals surface area (Å²) in [5, 5.41) is 5.59. The van der Waals surface area contributed by atoms with E-state index in [1.807, 2.05) is 22.7 Å². The van der Waals surface area contributed by atoms with E-state index >= 15 is 0 Å². The fraction of sp³-hybridized carbons (Fsp3) is 0.429. The van der Waals surface area contributed by atoms with Gasteiger partial charge in [-0.25, -0.2) is 0 Å². The first-order valence-electron chi connectivity index (χ1n) is 6.43. The van der Waals surface area contributed by atoms with Crippen molar-refractivity contribution in [2.75, 3.05) is 13.6 Å². The Morgan fingerprint density at radius 3 is 2.89 bits per heavy atom. The zero-order valence-electron chi connectivity index (χ0n) is 10.9. The van der Waals surface area contributed by atoms with E-state index in [0.29, 0.717) is 0 Å². The molecular formula is C14H17BrN2S2. The van der Waals surface area contributed by atoms with Crippen molar-refractivity contribution in [3.8, 4) is 0 Å². The van der Waals surface area contributed by atoms with Crippen molar-refractivity contribution in [3.63, 3.8) is 0 Å². The molecule has 1 aliphatic heterocycles. The largest absolute Gasteiger partial charge is 0.312 e. The maximum Gasteiger partial charge on any atom is 0.0329 e. The van der Waals surface area contributed by atoms with Crippen molar-refractivity contribution >= 4 is 38.6 Å². The molecule has 19 heavy (non-hydrogen) atoms. The lowest BCUT2D eigenvalue weighted by molar-refractivity contribution is 0.325. The molecule has 2 aromatic rings. The SMILES string of the molecule is CN(Cc1cc(Br)cs1)Cc1cc2c(s1)CCNC2. The van der Waals surface area contributed by atoms with Gasteiger partial charge in [-0.05, 0) is 47.1 Å². The second-order valence-corrected chi connectivity index (χ2v) is 8.12. The van der Waals surface area contributed by atoms with Gasteiger partial charge in [-0.15, -0.1) is 22.7 Å². The Bertz CT molecular complexity index is 538. The van der Waals surface area contributed by atoms with Crippen LogP contribution < -0.4 is 5.32 Å². The molecule has 2 nitrogen and oxygen atoms in total. The summed E-state index contributed by atoms with van der Waals surface area (Å²) in [6.45, 7) is 4.25. The summed E-state index contributed by atoms with van der Waals surface area (Å²) in [7, 11) is 2.20. The van der Waals surface area contributed by atoms with Gasteiger partial charge < -0.3 is 5.32 Å². The molecule has 0 aliphatic carbocycles. The van der Waals surface area contributed by atoms with Gasteiger partial charge in [-0.1, -0.05) is 0 Å². The Kier molecular flexibility index (Phi) is 4.39. The molecule has 0 aromatic carbocycles. The molecule has 3 rings (SSSR count). The van der Waals surface area contributed by atoms with Crippen LogP contribution in [0.2, 0.25) is 0 Å². The van der Waals surface area contributed by atoms with Crippen LogP contribution in [-0.2, 0) is 26.1 Å². The number of nitrogens with one attached hydrogen (secondary N) is 1. The summed E-state index contributed by atoms with van der Waals surface area (Å²) >= 11 is 7.33. The first kappa shape index (κ1) is 13.8. The van der Waals surface area contributed by atoms with E-state index in [1.165, 1.54) is 26.2 Å². The highest BCUT2D eigenvalue weighted by Crippen LogP contribution is 2.27. The Labute approximate surface area is 130 Å².